The lowest BCUT2D eigenvalue weighted by atomic mass is 9.72. The summed E-state index contributed by atoms with van der Waals surface area (Å²) in [5.41, 5.74) is 2.50. The number of ether oxygens (including phenoxy) is 7. The summed E-state index contributed by atoms with van der Waals surface area (Å²) in [6, 6.07) is 4.95. The third kappa shape index (κ3) is 16.5. The lowest BCUT2D eigenvalue weighted by Crippen LogP contribution is -2.71. The monoisotopic (exact) mass is 1080 g/mol. The molecule has 0 radical (unpaired) electrons. The second-order valence-electron chi connectivity index (χ2n) is 20.7. The van der Waals surface area contributed by atoms with Crippen LogP contribution in [0.5, 0.6) is 0 Å². The van der Waals surface area contributed by atoms with Crippen LogP contribution in [0.1, 0.15) is 72.4 Å². The molecule has 2 aromatic carbocycles. The van der Waals surface area contributed by atoms with E-state index in [0.29, 0.717) is 11.1 Å². The number of nitro benzene ring substituents is 2. The minimum absolute atomic E-state index is 0.00883. The number of non-ortho nitro benzene ring substituents is 2. The maximum Gasteiger partial charge on any atom is 0.410 e. The van der Waals surface area contributed by atoms with Gasteiger partial charge < -0.3 is 85.5 Å². The van der Waals surface area contributed by atoms with E-state index in [-0.39, 0.29) is 36.7 Å². The Kier molecular flexibility index (Phi) is 19.9. The summed E-state index contributed by atoms with van der Waals surface area (Å²) in [7, 11) is 1.27. The van der Waals surface area contributed by atoms with Gasteiger partial charge in [-0.2, -0.15) is 0 Å². The van der Waals surface area contributed by atoms with Crippen LogP contribution in [0.25, 0.3) is 0 Å². The Morgan fingerprint density at radius 3 is 1.84 bits per heavy atom. The van der Waals surface area contributed by atoms with E-state index >= 15 is 0 Å². The average molecular weight is 1080 g/mol. The Morgan fingerprint density at radius 2 is 1.34 bits per heavy atom. The van der Waals surface area contributed by atoms with Crippen molar-refractivity contribution < 1.29 is 87.4 Å². The molecule has 28 heteroatoms. The van der Waals surface area contributed by atoms with Crippen LogP contribution in [0.4, 0.5) is 30.6 Å². The summed E-state index contributed by atoms with van der Waals surface area (Å²) in [6.45, 7) is 8.74. The number of rotatable bonds is 17. The molecule has 1 saturated heterocycles. The van der Waals surface area contributed by atoms with Gasteiger partial charge in [-0.3, -0.25) is 25.0 Å². The first kappa shape index (κ1) is 59.9. The van der Waals surface area contributed by atoms with Crippen LogP contribution in [0, 0.1) is 26.1 Å². The average Bonchev–Trinajstić information content (AvgIpc) is 3.33. The van der Waals surface area contributed by atoms with Crippen molar-refractivity contribution in [2.24, 2.45) is 11.7 Å². The smallest absolute Gasteiger partial charge is 0.410 e. The van der Waals surface area contributed by atoms with Crippen LogP contribution in [-0.4, -0.2) is 170 Å². The Labute approximate surface area is 436 Å². The number of carbonyl (C=O) groups excluding carboxylic acids is 5. The molecule has 0 aromatic heterocycles. The van der Waals surface area contributed by atoms with Crippen molar-refractivity contribution in [3.05, 3.63) is 91.7 Å². The maximum absolute atomic E-state index is 13.9. The number of nitrogens with zero attached hydrogens (tertiary/aromatic N) is 3. The number of hydrogen-bond acceptors (Lipinski definition) is 21. The van der Waals surface area contributed by atoms with Crippen LogP contribution in [0.15, 0.2) is 60.4 Å². The zero-order valence-corrected chi connectivity index (χ0v) is 43.2. The SMILES string of the molecule is CN(C(=O)OC(C)(C)C)[C@@H]1[C@@H](O)[C@@H](O[C@H]2[C@H](NC(=O)[C@H](O)CNC(=O)OC(C)(C)C)C[C@H](NC(=O)OCc3ccc([N+](=O)[O-])cc3)C([C@H]3OC(CN)=CC[C@H]3NC(=O)OCc3ccc([N+](=O)[O-])cc3)[C@@H]2O)OC[C@]1(C)O. The van der Waals surface area contributed by atoms with Gasteiger partial charge in [0.15, 0.2) is 6.29 Å². The van der Waals surface area contributed by atoms with Gasteiger partial charge in [0.25, 0.3) is 17.3 Å². The second-order valence-corrected chi connectivity index (χ2v) is 20.7. The summed E-state index contributed by atoms with van der Waals surface area (Å²) in [4.78, 5) is 89.2. The number of carbonyl (C=O) groups is 5. The van der Waals surface area contributed by atoms with Crippen molar-refractivity contribution in [1.29, 1.82) is 0 Å². The number of nitrogens with two attached hydrogens (primary N) is 1. The van der Waals surface area contributed by atoms with Gasteiger partial charge in [0.2, 0.25) is 0 Å². The molecule has 28 nitrogen and oxygen atoms in total. The number of nitrogens with one attached hydrogen (secondary N) is 4. The molecular weight excluding hydrogens is 1010 g/mol. The zero-order valence-electron chi connectivity index (χ0n) is 43.2. The summed E-state index contributed by atoms with van der Waals surface area (Å²) in [6.07, 6.45) is -13.6. The Hall–Kier alpha value is -6.95. The molecular formula is C48H68N8O20. The Balaban J connectivity index is 1.53. The van der Waals surface area contributed by atoms with Crippen molar-refractivity contribution >= 4 is 41.7 Å². The van der Waals surface area contributed by atoms with Gasteiger partial charge in [-0.05, 0) is 103 Å². The largest absolute Gasteiger partial charge is 0.491 e. The molecule has 10 N–H and O–H groups in total. The highest BCUT2D eigenvalue weighted by atomic mass is 16.7. The van der Waals surface area contributed by atoms with E-state index in [4.69, 9.17) is 38.9 Å². The number of alkyl carbamates (subject to hydrolysis) is 3. The van der Waals surface area contributed by atoms with Crippen LogP contribution in [0.2, 0.25) is 0 Å². The molecule has 1 aliphatic carbocycles. The van der Waals surface area contributed by atoms with E-state index < -0.39 is 150 Å². The van der Waals surface area contributed by atoms with E-state index in [1.54, 1.807) is 47.6 Å². The number of hydrogen-bond donors (Lipinski definition) is 9. The summed E-state index contributed by atoms with van der Waals surface area (Å²) in [5, 5.41) is 80.0. The minimum atomic E-state index is -1.97. The van der Waals surface area contributed by atoms with Gasteiger partial charge in [-0.15, -0.1) is 0 Å². The van der Waals surface area contributed by atoms with Gasteiger partial charge in [-0.25, -0.2) is 19.2 Å². The van der Waals surface area contributed by atoms with Crippen LogP contribution >= 0.6 is 0 Å². The molecule has 420 valence electrons. The fourth-order valence-electron chi connectivity index (χ4n) is 8.77. The van der Waals surface area contributed by atoms with E-state index in [9.17, 15) is 64.6 Å². The van der Waals surface area contributed by atoms with Gasteiger partial charge in [0.1, 0.15) is 60.2 Å². The molecule has 3 aliphatic rings. The number of likely N-dealkylation sites (N-methyl/N-ethyl adjacent to an activating group) is 1. The molecule has 2 heterocycles. The molecule has 2 aliphatic heterocycles. The van der Waals surface area contributed by atoms with Gasteiger partial charge >= 0.3 is 24.4 Å². The van der Waals surface area contributed by atoms with Crippen LogP contribution in [0.3, 0.4) is 0 Å². The number of amides is 5. The fraction of sp³-hybridized carbons (Fsp3) is 0.604. The quantitative estimate of drug-likeness (QED) is 0.0620. The molecule has 2 fully saturated rings. The fourth-order valence-corrected chi connectivity index (χ4v) is 8.77. The summed E-state index contributed by atoms with van der Waals surface area (Å²) < 4.78 is 40.3. The molecule has 0 spiro atoms. The highest BCUT2D eigenvalue weighted by Gasteiger charge is 2.56. The molecule has 2 aromatic rings. The van der Waals surface area contributed by atoms with Crippen molar-refractivity contribution in [3.8, 4) is 0 Å². The van der Waals surface area contributed by atoms with E-state index in [2.05, 4.69) is 21.3 Å². The maximum atomic E-state index is 13.9. The predicted molar refractivity (Wildman–Crippen MR) is 262 cm³/mol. The van der Waals surface area contributed by atoms with E-state index in [1.807, 2.05) is 0 Å². The van der Waals surface area contributed by atoms with Crippen molar-refractivity contribution in [3.63, 3.8) is 0 Å². The minimum Gasteiger partial charge on any atom is -0.491 e. The Bertz CT molecular complexity index is 2410. The highest BCUT2D eigenvalue weighted by Crippen LogP contribution is 2.39. The first-order valence-electron chi connectivity index (χ1n) is 24.1. The normalized spacial score (nSPS) is 26.9. The molecule has 12 atom stereocenters. The van der Waals surface area contributed by atoms with Gasteiger partial charge in [0.05, 0.1) is 53.8 Å². The Morgan fingerprint density at radius 1 is 0.816 bits per heavy atom. The molecule has 5 amide bonds. The van der Waals surface area contributed by atoms with Gasteiger partial charge in [-0.1, -0.05) is 0 Å². The number of nitro groups is 2. The highest BCUT2D eigenvalue weighted by molar-refractivity contribution is 5.82. The van der Waals surface area contributed by atoms with E-state index in [1.165, 1.54) is 62.5 Å². The second kappa shape index (κ2) is 25.3. The summed E-state index contributed by atoms with van der Waals surface area (Å²) in [5.74, 6) is -2.36. The lowest BCUT2D eigenvalue weighted by molar-refractivity contribution is -0.385. The number of aliphatic hydroxyl groups is 4. The van der Waals surface area contributed by atoms with Crippen molar-refractivity contribution in [1.82, 2.24) is 26.2 Å². The topological polar surface area (TPSA) is 395 Å². The first-order chi connectivity index (χ1) is 35.5. The zero-order chi connectivity index (χ0) is 56.4. The molecule has 1 saturated carbocycles. The van der Waals surface area contributed by atoms with Crippen LogP contribution in [-0.2, 0) is 51.2 Å². The van der Waals surface area contributed by atoms with E-state index in [0.717, 1.165) is 4.90 Å². The van der Waals surface area contributed by atoms with Gasteiger partial charge in [0, 0.05) is 43.3 Å². The third-order valence-corrected chi connectivity index (χ3v) is 12.2. The lowest BCUT2D eigenvalue weighted by Gasteiger charge is -2.52. The number of benzene rings is 2. The standard InChI is InChI=1S/C48H68N8O20/c1-46(2,3)75-42(61)50-21-33(57)40(60)51-32-19-31(53-44(63)71-23-26-11-15-28(16-12-26)56(68)69)34(35(58)38(32)74-41-36(59)39(48(7,65)24-72-41)54(8)45(64)76-47(4,5)6)37-30(18-17-29(20-49)73-37)52-43(62)70-22-25-9-13-27(14-10-25)55(66)67/h9-17,30-39,41,57-59,65H,18-24,49H2,1-8H3,(H,50,61)(H,51,60)(H,52,62)(H,53,63)/t30-,31+,32-,33-,34?,35+,36-,37+,38+,39-,41-,48+/m1/s1. The van der Waals surface area contributed by atoms with Crippen LogP contribution < -0.4 is 27.0 Å². The predicted octanol–water partition coefficient (Wildman–Crippen LogP) is 1.86. The third-order valence-electron chi connectivity index (χ3n) is 12.2. The molecule has 1 unspecified atom stereocenters. The molecule has 76 heavy (non-hydrogen) atoms. The molecule has 5 rings (SSSR count). The summed E-state index contributed by atoms with van der Waals surface area (Å²) >= 11 is 0. The van der Waals surface area contributed by atoms with Crippen molar-refractivity contribution in [2.75, 3.05) is 26.7 Å². The number of aliphatic hydroxyl groups excluding tert-OH is 3. The molecule has 0 bridgehead atoms. The van der Waals surface area contributed by atoms with Crippen molar-refractivity contribution in [2.45, 2.75) is 152 Å². The first-order valence-corrected chi connectivity index (χ1v) is 24.1.